The van der Waals surface area contributed by atoms with Gasteiger partial charge in [0.25, 0.3) is 10.1 Å². The second-order valence-corrected chi connectivity index (χ2v) is 5.59. The van der Waals surface area contributed by atoms with Crippen molar-refractivity contribution in [2.24, 2.45) is 0 Å². The van der Waals surface area contributed by atoms with Gasteiger partial charge in [-0.05, 0) is 56.9 Å². The van der Waals surface area contributed by atoms with Crippen LogP contribution in [0.5, 0.6) is 0 Å². The number of ketones is 1. The number of hydrogen-bond acceptors (Lipinski definition) is 3. The van der Waals surface area contributed by atoms with E-state index < -0.39 is 10.1 Å². The summed E-state index contributed by atoms with van der Waals surface area (Å²) in [5.41, 5.74) is 2.78. The Kier molecular flexibility index (Phi) is 3.45. The number of carbonyl (C=O) groups excluding carboxylic acids is 1. The highest BCUT2D eigenvalue weighted by Gasteiger charge is 2.25. The van der Waals surface area contributed by atoms with E-state index in [1.54, 1.807) is 20.8 Å². The Morgan fingerprint density at radius 3 is 1.71 bits per heavy atom. The van der Waals surface area contributed by atoms with E-state index in [2.05, 4.69) is 0 Å². The standard InChI is InChI=1S/C12H16O4S/c1-6-7(2)9(4)12(17(14,15)16)11(8(6)3)10(5)13/h1-5H3,(H,14,15,16). The highest BCUT2D eigenvalue weighted by atomic mass is 32.2. The average molecular weight is 256 g/mol. The highest BCUT2D eigenvalue weighted by molar-refractivity contribution is 7.86. The molecular formula is C12H16O4S. The van der Waals surface area contributed by atoms with Gasteiger partial charge in [-0.15, -0.1) is 0 Å². The summed E-state index contributed by atoms with van der Waals surface area (Å²) in [6, 6.07) is 0. The van der Waals surface area contributed by atoms with E-state index >= 15 is 0 Å². The van der Waals surface area contributed by atoms with Crippen LogP contribution < -0.4 is 0 Å². The minimum atomic E-state index is -4.39. The van der Waals surface area contributed by atoms with Crippen molar-refractivity contribution in [1.82, 2.24) is 0 Å². The molecule has 0 atom stereocenters. The van der Waals surface area contributed by atoms with Crippen LogP contribution in [0.3, 0.4) is 0 Å². The Hall–Kier alpha value is -1.20. The predicted octanol–water partition coefficient (Wildman–Crippen LogP) is 2.37. The Bertz CT molecular complexity index is 598. The van der Waals surface area contributed by atoms with Crippen LogP contribution >= 0.6 is 0 Å². The Morgan fingerprint density at radius 2 is 1.35 bits per heavy atom. The van der Waals surface area contributed by atoms with E-state index in [9.17, 15) is 17.8 Å². The van der Waals surface area contributed by atoms with E-state index in [0.29, 0.717) is 11.1 Å². The molecule has 0 saturated carbocycles. The smallest absolute Gasteiger partial charge is 0.294 e. The molecule has 0 unspecified atom stereocenters. The largest absolute Gasteiger partial charge is 0.295 e. The van der Waals surface area contributed by atoms with Gasteiger partial charge in [-0.2, -0.15) is 8.42 Å². The van der Waals surface area contributed by atoms with Gasteiger partial charge in [0, 0.05) is 5.56 Å². The van der Waals surface area contributed by atoms with Crippen molar-refractivity contribution in [3.05, 3.63) is 27.8 Å². The summed E-state index contributed by atoms with van der Waals surface area (Å²) in [6.45, 7) is 8.18. The van der Waals surface area contributed by atoms with Crippen molar-refractivity contribution in [3.8, 4) is 0 Å². The van der Waals surface area contributed by atoms with Crippen molar-refractivity contribution in [2.75, 3.05) is 0 Å². The number of hydrogen-bond donors (Lipinski definition) is 1. The lowest BCUT2D eigenvalue weighted by Gasteiger charge is -2.17. The second-order valence-electron chi connectivity index (χ2n) is 4.24. The molecule has 0 aromatic heterocycles. The average Bonchev–Trinajstić information content (AvgIpc) is 2.17. The van der Waals surface area contributed by atoms with E-state index in [1.807, 2.05) is 6.92 Å². The first-order valence-corrected chi connectivity index (χ1v) is 6.61. The lowest BCUT2D eigenvalue weighted by Crippen LogP contribution is -2.13. The molecule has 0 fully saturated rings. The van der Waals surface area contributed by atoms with Crippen LogP contribution in [0.2, 0.25) is 0 Å². The molecule has 0 amide bonds. The molecule has 4 nitrogen and oxygen atoms in total. The summed E-state index contributed by atoms with van der Waals surface area (Å²) in [5.74, 6) is -0.360. The van der Waals surface area contributed by atoms with Crippen molar-refractivity contribution in [3.63, 3.8) is 0 Å². The summed E-state index contributed by atoms with van der Waals surface area (Å²) in [4.78, 5) is 11.3. The van der Waals surface area contributed by atoms with Crippen LogP contribution in [0.25, 0.3) is 0 Å². The molecule has 1 aromatic rings. The fourth-order valence-electron chi connectivity index (χ4n) is 2.02. The molecule has 0 bridgehead atoms. The maximum Gasteiger partial charge on any atom is 0.295 e. The first-order chi connectivity index (χ1) is 7.59. The second kappa shape index (κ2) is 4.23. The Morgan fingerprint density at radius 1 is 0.941 bits per heavy atom. The van der Waals surface area contributed by atoms with E-state index in [4.69, 9.17) is 0 Å². The van der Waals surface area contributed by atoms with Crippen LogP contribution in [0.15, 0.2) is 4.90 Å². The van der Waals surface area contributed by atoms with E-state index in [0.717, 1.165) is 11.1 Å². The minimum Gasteiger partial charge on any atom is -0.294 e. The summed E-state index contributed by atoms with van der Waals surface area (Å²) in [5, 5.41) is 0. The number of Topliss-reactive ketones (excluding diaryl/α,β-unsaturated/α-hetero) is 1. The normalized spacial score (nSPS) is 11.6. The molecule has 0 radical (unpaired) electrons. The molecule has 0 heterocycles. The van der Waals surface area contributed by atoms with Crippen molar-refractivity contribution >= 4 is 15.9 Å². The third kappa shape index (κ3) is 2.25. The zero-order valence-corrected chi connectivity index (χ0v) is 11.4. The maximum atomic E-state index is 11.6. The molecule has 0 saturated heterocycles. The molecule has 17 heavy (non-hydrogen) atoms. The lowest BCUT2D eigenvalue weighted by molar-refractivity contribution is 0.101. The van der Waals surface area contributed by atoms with Gasteiger partial charge in [-0.1, -0.05) is 0 Å². The lowest BCUT2D eigenvalue weighted by atomic mass is 9.93. The summed E-state index contributed by atoms with van der Waals surface area (Å²) in [6.07, 6.45) is 0. The molecular weight excluding hydrogens is 240 g/mol. The predicted molar refractivity (Wildman–Crippen MR) is 65.2 cm³/mol. The molecule has 0 aliphatic carbocycles. The minimum absolute atomic E-state index is 0.0908. The maximum absolute atomic E-state index is 11.6. The molecule has 1 N–H and O–H groups in total. The van der Waals surface area contributed by atoms with Gasteiger partial charge >= 0.3 is 0 Å². The van der Waals surface area contributed by atoms with Gasteiger partial charge in [0.2, 0.25) is 0 Å². The van der Waals surface area contributed by atoms with Gasteiger partial charge in [0.05, 0.1) is 0 Å². The zero-order valence-electron chi connectivity index (χ0n) is 10.6. The third-order valence-corrected chi connectivity index (χ3v) is 4.27. The van der Waals surface area contributed by atoms with Gasteiger partial charge in [0.15, 0.2) is 5.78 Å². The van der Waals surface area contributed by atoms with E-state index in [-0.39, 0.29) is 16.2 Å². The number of rotatable bonds is 2. The SMILES string of the molecule is CC(=O)c1c(C)c(C)c(C)c(C)c1S(=O)(=O)O. The van der Waals surface area contributed by atoms with Gasteiger partial charge in [-0.25, -0.2) is 0 Å². The van der Waals surface area contributed by atoms with E-state index in [1.165, 1.54) is 6.92 Å². The first-order valence-electron chi connectivity index (χ1n) is 5.17. The summed E-state index contributed by atoms with van der Waals surface area (Å²) in [7, 11) is -4.39. The van der Waals surface area contributed by atoms with Crippen LogP contribution in [0.4, 0.5) is 0 Å². The topological polar surface area (TPSA) is 71.4 Å². The zero-order chi connectivity index (χ0) is 13.5. The quantitative estimate of drug-likeness (QED) is 0.651. The molecule has 5 heteroatoms. The summed E-state index contributed by atoms with van der Waals surface area (Å²) < 4.78 is 32.1. The summed E-state index contributed by atoms with van der Waals surface area (Å²) >= 11 is 0. The monoisotopic (exact) mass is 256 g/mol. The number of benzene rings is 1. The molecule has 94 valence electrons. The third-order valence-electron chi connectivity index (χ3n) is 3.24. The van der Waals surface area contributed by atoms with Gasteiger partial charge in [0.1, 0.15) is 4.90 Å². The van der Waals surface area contributed by atoms with Crippen LogP contribution in [-0.2, 0) is 10.1 Å². The van der Waals surface area contributed by atoms with Gasteiger partial charge in [-0.3, -0.25) is 9.35 Å². The van der Waals surface area contributed by atoms with Crippen LogP contribution in [0.1, 0.15) is 39.5 Å². The van der Waals surface area contributed by atoms with Gasteiger partial charge < -0.3 is 0 Å². The Labute approximate surface area is 101 Å². The highest BCUT2D eigenvalue weighted by Crippen LogP contribution is 2.30. The molecule has 0 spiro atoms. The molecule has 1 rings (SSSR count). The van der Waals surface area contributed by atoms with Crippen molar-refractivity contribution < 1.29 is 17.8 Å². The fraction of sp³-hybridized carbons (Fsp3) is 0.417. The van der Waals surface area contributed by atoms with Crippen LogP contribution in [-0.4, -0.2) is 18.8 Å². The molecule has 0 aliphatic rings. The fourth-order valence-corrected chi connectivity index (χ4v) is 3.12. The first kappa shape index (κ1) is 13.9. The van der Waals surface area contributed by atoms with Crippen LogP contribution in [0, 0.1) is 27.7 Å². The van der Waals surface area contributed by atoms with Crippen molar-refractivity contribution in [1.29, 1.82) is 0 Å². The Balaban J connectivity index is 4.00. The number of carbonyl (C=O) groups is 1. The van der Waals surface area contributed by atoms with Crippen molar-refractivity contribution in [2.45, 2.75) is 39.5 Å². The molecule has 1 aromatic carbocycles. The molecule has 0 aliphatic heterocycles.